The second kappa shape index (κ2) is 10.4. The highest BCUT2D eigenvalue weighted by Crippen LogP contribution is 2.10. The van der Waals surface area contributed by atoms with Crippen molar-refractivity contribution < 1.29 is 4.79 Å². The van der Waals surface area contributed by atoms with Gasteiger partial charge in [-0.25, -0.2) is 0 Å². The summed E-state index contributed by atoms with van der Waals surface area (Å²) in [5.41, 5.74) is 6.19. The molecule has 0 aliphatic heterocycles. The Morgan fingerprint density at radius 2 is 2.00 bits per heavy atom. The van der Waals surface area contributed by atoms with Crippen LogP contribution in [0.15, 0.2) is 46.4 Å². The summed E-state index contributed by atoms with van der Waals surface area (Å²) < 4.78 is 0.940. The van der Waals surface area contributed by atoms with E-state index in [1.807, 2.05) is 12.1 Å². The van der Waals surface area contributed by atoms with Crippen LogP contribution in [0.1, 0.15) is 10.4 Å². The van der Waals surface area contributed by atoms with Gasteiger partial charge in [-0.15, -0.1) is 23.6 Å². The van der Waals surface area contributed by atoms with Gasteiger partial charge >= 0.3 is 0 Å². The number of nitrogens with two attached hydrogens (primary N) is 1. The second-order valence-electron chi connectivity index (χ2n) is 3.70. The zero-order valence-corrected chi connectivity index (χ0v) is 14.2. The fraction of sp³-hybridized carbons (Fsp3) is 0.231. The molecule has 5 nitrogen and oxygen atoms in total. The van der Waals surface area contributed by atoms with Crippen LogP contribution in [0, 0.1) is 0 Å². The van der Waals surface area contributed by atoms with Crippen LogP contribution in [0.3, 0.4) is 0 Å². The number of halogens is 2. The predicted molar refractivity (Wildman–Crippen MR) is 91.5 cm³/mol. The molecule has 0 aliphatic rings. The Bertz CT molecular complexity index is 460. The van der Waals surface area contributed by atoms with Crippen molar-refractivity contribution in [1.82, 2.24) is 10.6 Å². The van der Waals surface area contributed by atoms with Gasteiger partial charge in [0.2, 0.25) is 0 Å². The lowest BCUT2D eigenvalue weighted by molar-refractivity contribution is 0.0955. The van der Waals surface area contributed by atoms with Crippen LogP contribution >= 0.6 is 32.9 Å². The lowest BCUT2D eigenvalue weighted by Crippen LogP contribution is -2.33. The third-order valence-corrected chi connectivity index (χ3v) is 2.74. The maximum Gasteiger partial charge on any atom is 0.251 e. The molecule has 0 aromatic heterocycles. The normalized spacial score (nSPS) is 10.3. The molecule has 1 aromatic carbocycles. The van der Waals surface area contributed by atoms with Gasteiger partial charge < -0.3 is 16.4 Å². The highest BCUT2D eigenvalue weighted by molar-refractivity contribution is 9.10. The number of carbonyl (C=O) groups excluding carboxylic acids is 1. The maximum atomic E-state index is 11.7. The summed E-state index contributed by atoms with van der Waals surface area (Å²) in [5.74, 6) is 0.220. The largest absolute Gasteiger partial charge is 0.370 e. The Hall–Kier alpha value is -1.34. The number of carbonyl (C=O) groups is 1. The molecule has 0 aliphatic carbocycles. The molecule has 1 aromatic rings. The SMILES string of the molecule is Br.C=CCNC(N)=NCCNC(=O)c1ccc(Br)cc1. The van der Waals surface area contributed by atoms with Gasteiger partial charge in [0.1, 0.15) is 0 Å². The molecular formula is C13H18Br2N4O. The lowest BCUT2D eigenvalue weighted by Gasteiger charge is -2.05. The molecule has 110 valence electrons. The van der Waals surface area contributed by atoms with Crippen molar-refractivity contribution in [1.29, 1.82) is 0 Å². The molecule has 1 rings (SSSR count). The number of nitrogens with one attached hydrogen (secondary N) is 2. The Labute approximate surface area is 137 Å². The maximum absolute atomic E-state index is 11.7. The summed E-state index contributed by atoms with van der Waals surface area (Å²) in [6, 6.07) is 7.15. The van der Waals surface area contributed by atoms with E-state index in [1.165, 1.54) is 0 Å². The molecule has 0 atom stereocenters. The van der Waals surface area contributed by atoms with E-state index < -0.39 is 0 Å². The van der Waals surface area contributed by atoms with Gasteiger partial charge in [-0.1, -0.05) is 22.0 Å². The summed E-state index contributed by atoms with van der Waals surface area (Å²) in [4.78, 5) is 15.8. The molecule has 7 heteroatoms. The minimum absolute atomic E-state index is 0. The van der Waals surface area contributed by atoms with Crippen molar-refractivity contribution in [3.8, 4) is 0 Å². The van der Waals surface area contributed by atoms with E-state index >= 15 is 0 Å². The number of rotatable bonds is 6. The number of amides is 1. The molecular weight excluding hydrogens is 388 g/mol. The van der Waals surface area contributed by atoms with Crippen LogP contribution in [-0.2, 0) is 0 Å². The summed E-state index contributed by atoms with van der Waals surface area (Å²) >= 11 is 3.32. The molecule has 0 spiro atoms. The average Bonchev–Trinajstić information content (AvgIpc) is 2.41. The smallest absolute Gasteiger partial charge is 0.251 e. The minimum atomic E-state index is -0.125. The molecule has 0 bridgehead atoms. The van der Waals surface area contributed by atoms with Crippen molar-refractivity contribution in [3.63, 3.8) is 0 Å². The number of hydrogen-bond acceptors (Lipinski definition) is 2. The summed E-state index contributed by atoms with van der Waals surface area (Å²) in [5, 5.41) is 5.62. The van der Waals surface area contributed by atoms with Gasteiger partial charge in [-0.2, -0.15) is 0 Å². The van der Waals surface area contributed by atoms with Gasteiger partial charge in [0, 0.05) is 23.1 Å². The fourth-order valence-electron chi connectivity index (χ4n) is 1.28. The number of hydrogen-bond donors (Lipinski definition) is 3. The third-order valence-electron chi connectivity index (χ3n) is 2.21. The van der Waals surface area contributed by atoms with Gasteiger partial charge in [0.25, 0.3) is 5.91 Å². The minimum Gasteiger partial charge on any atom is -0.370 e. The summed E-state index contributed by atoms with van der Waals surface area (Å²) in [6.45, 7) is 4.99. The lowest BCUT2D eigenvalue weighted by atomic mass is 10.2. The molecule has 1 amide bonds. The first-order valence-corrected chi connectivity index (χ1v) is 6.61. The van der Waals surface area contributed by atoms with E-state index in [0.717, 1.165) is 4.47 Å². The zero-order chi connectivity index (χ0) is 14.1. The van der Waals surface area contributed by atoms with Crippen molar-refractivity contribution in [2.24, 2.45) is 10.7 Å². The molecule has 0 unspecified atom stereocenters. The number of benzene rings is 1. The van der Waals surface area contributed by atoms with Gasteiger partial charge in [-0.3, -0.25) is 9.79 Å². The highest BCUT2D eigenvalue weighted by atomic mass is 79.9. The van der Waals surface area contributed by atoms with Crippen LogP contribution in [0.25, 0.3) is 0 Å². The standard InChI is InChI=1S/C13H17BrN4O.BrH/c1-2-7-17-13(15)18-9-8-16-12(19)10-3-5-11(14)6-4-10;/h2-6H,1,7-9H2,(H,16,19)(H3,15,17,18);1H. The molecule has 0 saturated carbocycles. The van der Waals surface area contributed by atoms with Crippen molar-refractivity contribution in [2.75, 3.05) is 19.6 Å². The zero-order valence-electron chi connectivity index (χ0n) is 10.9. The number of guanidine groups is 1. The van der Waals surface area contributed by atoms with Gasteiger partial charge in [0.05, 0.1) is 6.54 Å². The number of nitrogens with zero attached hydrogens (tertiary/aromatic N) is 1. The Kier molecular flexibility index (Phi) is 9.75. The fourth-order valence-corrected chi connectivity index (χ4v) is 1.55. The molecule has 0 saturated heterocycles. The van der Waals surface area contributed by atoms with Crippen molar-refractivity contribution in [2.45, 2.75) is 0 Å². The van der Waals surface area contributed by atoms with E-state index in [1.54, 1.807) is 18.2 Å². The molecule has 0 fully saturated rings. The Morgan fingerprint density at radius 3 is 2.60 bits per heavy atom. The first-order chi connectivity index (χ1) is 9.13. The third kappa shape index (κ3) is 7.30. The quantitative estimate of drug-likeness (QED) is 0.292. The van der Waals surface area contributed by atoms with Gasteiger partial charge in [-0.05, 0) is 24.3 Å². The molecule has 4 N–H and O–H groups in total. The van der Waals surface area contributed by atoms with E-state index in [9.17, 15) is 4.79 Å². The van der Waals surface area contributed by atoms with Crippen LogP contribution in [0.2, 0.25) is 0 Å². The summed E-state index contributed by atoms with van der Waals surface area (Å²) in [6.07, 6.45) is 1.69. The molecule has 0 radical (unpaired) electrons. The van der Waals surface area contributed by atoms with Gasteiger partial charge in [0.15, 0.2) is 5.96 Å². The van der Waals surface area contributed by atoms with E-state index in [2.05, 4.69) is 38.1 Å². The molecule has 0 heterocycles. The second-order valence-corrected chi connectivity index (χ2v) is 4.62. The first kappa shape index (κ1) is 18.7. The average molecular weight is 406 g/mol. The van der Waals surface area contributed by atoms with Crippen molar-refractivity contribution in [3.05, 3.63) is 47.0 Å². The van der Waals surface area contributed by atoms with Crippen molar-refractivity contribution >= 4 is 44.8 Å². The van der Waals surface area contributed by atoms with Crippen LogP contribution in [-0.4, -0.2) is 31.5 Å². The first-order valence-electron chi connectivity index (χ1n) is 5.82. The number of aliphatic imine (C=N–C) groups is 1. The topological polar surface area (TPSA) is 79.5 Å². The highest BCUT2D eigenvalue weighted by Gasteiger charge is 2.03. The van der Waals surface area contributed by atoms with E-state index in [4.69, 9.17) is 5.73 Å². The van der Waals surface area contributed by atoms with E-state index in [-0.39, 0.29) is 22.9 Å². The summed E-state index contributed by atoms with van der Waals surface area (Å²) in [7, 11) is 0. The molecule has 20 heavy (non-hydrogen) atoms. The van der Waals surface area contributed by atoms with Crippen LogP contribution in [0.5, 0.6) is 0 Å². The predicted octanol–water partition coefficient (Wildman–Crippen LogP) is 1.85. The van der Waals surface area contributed by atoms with Crippen LogP contribution < -0.4 is 16.4 Å². The monoisotopic (exact) mass is 404 g/mol. The Morgan fingerprint density at radius 1 is 1.35 bits per heavy atom. The van der Waals surface area contributed by atoms with E-state index in [0.29, 0.717) is 31.2 Å². The Balaban J connectivity index is 0.00000361. The van der Waals surface area contributed by atoms with Crippen LogP contribution in [0.4, 0.5) is 0 Å².